The van der Waals surface area contributed by atoms with Gasteiger partial charge in [0, 0.05) is 25.0 Å². The second-order valence-corrected chi connectivity index (χ2v) is 5.72. The van der Waals surface area contributed by atoms with Gasteiger partial charge in [-0.3, -0.25) is 0 Å². The van der Waals surface area contributed by atoms with Gasteiger partial charge in [-0.15, -0.1) is 0 Å². The summed E-state index contributed by atoms with van der Waals surface area (Å²) in [5.74, 6) is 0. The van der Waals surface area contributed by atoms with Gasteiger partial charge in [-0.1, -0.05) is 6.42 Å². The van der Waals surface area contributed by atoms with E-state index in [-0.39, 0.29) is 0 Å². The third-order valence-corrected chi connectivity index (χ3v) is 3.93. The van der Waals surface area contributed by atoms with Crippen LogP contribution in [-0.4, -0.2) is 37.2 Å². The number of aromatic nitrogens is 1. The largest absolute Gasteiger partial charge is 0.354 e. The predicted octanol–water partition coefficient (Wildman–Crippen LogP) is 2.43. The van der Waals surface area contributed by atoms with Crippen LogP contribution in [-0.2, 0) is 13.0 Å². The Morgan fingerprint density at radius 2 is 2.17 bits per heavy atom. The molecule has 3 heteroatoms. The van der Waals surface area contributed by atoms with E-state index in [0.29, 0.717) is 6.04 Å². The van der Waals surface area contributed by atoms with E-state index in [1.54, 1.807) is 11.1 Å². The second-order valence-electron chi connectivity index (χ2n) is 5.72. The Morgan fingerprint density at radius 3 is 2.89 bits per heavy atom. The third kappa shape index (κ3) is 3.36. The van der Waals surface area contributed by atoms with Crippen LogP contribution in [0.1, 0.15) is 42.9 Å². The van der Waals surface area contributed by atoms with Gasteiger partial charge >= 0.3 is 0 Å². The molecule has 0 saturated heterocycles. The lowest BCUT2D eigenvalue weighted by molar-refractivity contribution is 0.386. The molecular weight excluding hydrogens is 222 g/mol. The molecule has 3 nitrogen and oxygen atoms in total. The average molecular weight is 249 g/mol. The molecule has 1 atom stereocenters. The van der Waals surface area contributed by atoms with Gasteiger partial charge in [0.05, 0.1) is 0 Å². The molecule has 1 aliphatic carbocycles. The molecule has 2 rings (SSSR count). The summed E-state index contributed by atoms with van der Waals surface area (Å²) in [4.78, 5) is 2.25. The fraction of sp³-hybridized carbons (Fsp3) is 0.733. The Morgan fingerprint density at radius 1 is 1.33 bits per heavy atom. The molecule has 1 unspecified atom stereocenters. The van der Waals surface area contributed by atoms with Crippen LogP contribution in [0.25, 0.3) is 0 Å². The molecule has 1 heterocycles. The van der Waals surface area contributed by atoms with Crippen molar-refractivity contribution in [2.75, 3.05) is 27.7 Å². The molecule has 0 radical (unpaired) electrons. The minimum atomic E-state index is 0.567. The van der Waals surface area contributed by atoms with Crippen molar-refractivity contribution in [3.05, 3.63) is 23.5 Å². The number of hydrogen-bond donors (Lipinski definition) is 1. The summed E-state index contributed by atoms with van der Waals surface area (Å²) in [6, 6.07) is 0.567. The molecule has 1 N–H and O–H groups in total. The van der Waals surface area contributed by atoms with E-state index in [1.807, 2.05) is 0 Å². The van der Waals surface area contributed by atoms with Crippen LogP contribution in [0.2, 0.25) is 0 Å². The van der Waals surface area contributed by atoms with E-state index in [9.17, 15) is 0 Å². The smallest absolute Gasteiger partial charge is 0.0335 e. The highest BCUT2D eigenvalue weighted by Crippen LogP contribution is 2.29. The molecule has 0 saturated carbocycles. The van der Waals surface area contributed by atoms with Crippen LogP contribution in [0.5, 0.6) is 0 Å². The fourth-order valence-corrected chi connectivity index (χ4v) is 2.91. The molecule has 0 spiro atoms. The molecule has 18 heavy (non-hydrogen) atoms. The lowest BCUT2D eigenvalue weighted by atomic mass is 10.1. The highest BCUT2D eigenvalue weighted by Gasteiger charge is 2.18. The first-order chi connectivity index (χ1) is 8.70. The Kier molecular flexibility index (Phi) is 4.84. The van der Waals surface area contributed by atoms with Crippen molar-refractivity contribution in [2.45, 2.75) is 44.7 Å². The zero-order valence-corrected chi connectivity index (χ0v) is 12.1. The number of rotatable bonds is 5. The Hall–Kier alpha value is -0.800. The minimum absolute atomic E-state index is 0.567. The molecule has 0 amide bonds. The summed E-state index contributed by atoms with van der Waals surface area (Å²) in [6.07, 6.45) is 11.2. The summed E-state index contributed by atoms with van der Waals surface area (Å²) < 4.78 is 2.39. The van der Waals surface area contributed by atoms with Crippen molar-refractivity contribution in [1.29, 1.82) is 0 Å². The van der Waals surface area contributed by atoms with E-state index in [4.69, 9.17) is 0 Å². The van der Waals surface area contributed by atoms with Gasteiger partial charge in [0.1, 0.15) is 0 Å². The number of hydrogen-bond acceptors (Lipinski definition) is 2. The quantitative estimate of drug-likeness (QED) is 0.809. The minimum Gasteiger partial charge on any atom is -0.354 e. The summed E-state index contributed by atoms with van der Waals surface area (Å²) in [7, 11) is 6.37. The Bertz CT molecular complexity index is 368. The van der Waals surface area contributed by atoms with Crippen molar-refractivity contribution in [3.63, 3.8) is 0 Å². The molecule has 0 bridgehead atoms. The molecule has 1 aliphatic rings. The third-order valence-electron chi connectivity index (χ3n) is 3.93. The molecule has 1 aromatic rings. The molecule has 0 aromatic carbocycles. The standard InChI is InChI=1S/C15H27N3/c1-16-15-8-5-4-7-13-11-18(12-14(13)15)10-6-9-17(2)3/h11-12,15-16H,4-10H2,1-3H3. The van der Waals surface area contributed by atoms with Crippen molar-refractivity contribution in [1.82, 2.24) is 14.8 Å². The van der Waals surface area contributed by atoms with Crippen molar-refractivity contribution in [3.8, 4) is 0 Å². The number of nitrogens with zero attached hydrogens (tertiary/aromatic N) is 2. The topological polar surface area (TPSA) is 20.2 Å². The number of fused-ring (bicyclic) bond motifs is 1. The maximum Gasteiger partial charge on any atom is 0.0335 e. The number of aryl methyl sites for hydroxylation is 2. The van der Waals surface area contributed by atoms with Gasteiger partial charge in [-0.2, -0.15) is 0 Å². The first-order valence-corrected chi connectivity index (χ1v) is 7.21. The first kappa shape index (κ1) is 13.6. The lowest BCUT2D eigenvalue weighted by Gasteiger charge is -2.13. The van der Waals surface area contributed by atoms with Crippen LogP contribution in [0, 0.1) is 0 Å². The maximum absolute atomic E-state index is 3.47. The summed E-state index contributed by atoms with van der Waals surface area (Å²) in [5, 5.41) is 3.47. The monoisotopic (exact) mass is 249 g/mol. The lowest BCUT2D eigenvalue weighted by Crippen LogP contribution is -2.16. The number of nitrogens with one attached hydrogen (secondary N) is 1. The fourth-order valence-electron chi connectivity index (χ4n) is 2.91. The van der Waals surface area contributed by atoms with Crippen LogP contribution < -0.4 is 5.32 Å². The van der Waals surface area contributed by atoms with Crippen molar-refractivity contribution >= 4 is 0 Å². The molecule has 1 aromatic heterocycles. The Balaban J connectivity index is 2.02. The predicted molar refractivity (Wildman–Crippen MR) is 77.0 cm³/mol. The highest BCUT2D eigenvalue weighted by atomic mass is 15.1. The van der Waals surface area contributed by atoms with E-state index in [0.717, 1.165) is 13.1 Å². The van der Waals surface area contributed by atoms with Crippen LogP contribution in [0.4, 0.5) is 0 Å². The van der Waals surface area contributed by atoms with Crippen LogP contribution in [0.3, 0.4) is 0 Å². The average Bonchev–Trinajstić information content (AvgIpc) is 2.63. The Labute approximate surface area is 111 Å². The van der Waals surface area contributed by atoms with Gasteiger partial charge in [-0.05, 0) is 64.5 Å². The second kappa shape index (κ2) is 6.39. The molecular formula is C15H27N3. The van der Waals surface area contributed by atoms with E-state index >= 15 is 0 Å². The van der Waals surface area contributed by atoms with Crippen molar-refractivity contribution in [2.24, 2.45) is 0 Å². The van der Waals surface area contributed by atoms with Gasteiger partial charge in [-0.25, -0.2) is 0 Å². The van der Waals surface area contributed by atoms with Crippen LogP contribution >= 0.6 is 0 Å². The van der Waals surface area contributed by atoms with Gasteiger partial charge in [0.2, 0.25) is 0 Å². The zero-order valence-electron chi connectivity index (χ0n) is 12.1. The van der Waals surface area contributed by atoms with Gasteiger partial charge < -0.3 is 14.8 Å². The maximum atomic E-state index is 3.47. The molecule has 0 aliphatic heterocycles. The zero-order chi connectivity index (χ0) is 13.0. The van der Waals surface area contributed by atoms with E-state index in [2.05, 4.69) is 48.3 Å². The summed E-state index contributed by atoms with van der Waals surface area (Å²) in [6.45, 7) is 2.31. The highest BCUT2D eigenvalue weighted by molar-refractivity contribution is 5.29. The summed E-state index contributed by atoms with van der Waals surface area (Å²) >= 11 is 0. The summed E-state index contributed by atoms with van der Waals surface area (Å²) in [5.41, 5.74) is 3.11. The normalized spacial score (nSPS) is 19.9. The van der Waals surface area contributed by atoms with Crippen molar-refractivity contribution < 1.29 is 0 Å². The molecule has 0 fully saturated rings. The van der Waals surface area contributed by atoms with Crippen LogP contribution in [0.15, 0.2) is 12.4 Å². The SMILES string of the molecule is CNC1CCCCc2cn(CCCN(C)C)cc21. The van der Waals surface area contributed by atoms with Gasteiger partial charge in [0.15, 0.2) is 0 Å². The molecule has 102 valence electrons. The van der Waals surface area contributed by atoms with E-state index < -0.39 is 0 Å². The first-order valence-electron chi connectivity index (χ1n) is 7.21. The van der Waals surface area contributed by atoms with E-state index in [1.165, 1.54) is 32.1 Å². The van der Waals surface area contributed by atoms with Gasteiger partial charge in [0.25, 0.3) is 0 Å².